The van der Waals surface area contributed by atoms with Crippen molar-refractivity contribution in [1.29, 1.82) is 0 Å². The molecular formula is C16H27N3O3. The summed E-state index contributed by atoms with van der Waals surface area (Å²) in [6.07, 6.45) is 3.53. The van der Waals surface area contributed by atoms with Crippen molar-refractivity contribution in [2.75, 3.05) is 26.7 Å². The van der Waals surface area contributed by atoms with Crippen molar-refractivity contribution in [1.82, 2.24) is 9.80 Å². The number of amides is 3. The highest BCUT2D eigenvalue weighted by molar-refractivity contribution is 6.07. The van der Waals surface area contributed by atoms with Crippen molar-refractivity contribution < 1.29 is 14.4 Å². The Hall–Kier alpha value is -1.43. The maximum Gasteiger partial charge on any atom is 0.242 e. The van der Waals surface area contributed by atoms with Crippen LogP contribution in [0.1, 0.15) is 39.5 Å². The second-order valence-corrected chi connectivity index (χ2v) is 7.38. The molecule has 0 radical (unpaired) electrons. The van der Waals surface area contributed by atoms with E-state index in [1.165, 1.54) is 4.90 Å². The smallest absolute Gasteiger partial charge is 0.242 e. The number of carbonyl (C=O) groups excluding carboxylic acids is 3. The molecule has 2 N–H and O–H groups in total. The minimum atomic E-state index is -0.207. The van der Waals surface area contributed by atoms with E-state index in [0.29, 0.717) is 13.1 Å². The molecule has 0 aromatic rings. The van der Waals surface area contributed by atoms with Crippen molar-refractivity contribution in [2.24, 2.45) is 23.0 Å². The van der Waals surface area contributed by atoms with Gasteiger partial charge in [0.05, 0.1) is 11.8 Å². The molecule has 1 heterocycles. The molecule has 6 nitrogen and oxygen atoms in total. The molecule has 2 fully saturated rings. The maximum atomic E-state index is 12.4. The predicted octanol–water partition coefficient (Wildman–Crippen LogP) is 0.605. The van der Waals surface area contributed by atoms with Gasteiger partial charge in [0.15, 0.2) is 0 Å². The van der Waals surface area contributed by atoms with Gasteiger partial charge in [-0.25, -0.2) is 0 Å². The highest BCUT2D eigenvalue weighted by Crippen LogP contribution is 2.37. The van der Waals surface area contributed by atoms with Gasteiger partial charge in [-0.3, -0.25) is 19.3 Å². The number of rotatable bonds is 5. The van der Waals surface area contributed by atoms with Crippen LogP contribution in [0.25, 0.3) is 0 Å². The third kappa shape index (κ3) is 3.32. The van der Waals surface area contributed by atoms with Crippen LogP contribution in [0.15, 0.2) is 0 Å². The Morgan fingerprint density at radius 2 is 1.73 bits per heavy atom. The molecule has 6 heteroatoms. The molecule has 2 rings (SSSR count). The van der Waals surface area contributed by atoms with Crippen LogP contribution in [0.3, 0.4) is 0 Å². The summed E-state index contributed by atoms with van der Waals surface area (Å²) in [5, 5.41) is 0. The lowest BCUT2D eigenvalue weighted by Gasteiger charge is -2.30. The number of nitrogens with zero attached hydrogens (tertiary/aromatic N) is 2. The minimum Gasteiger partial charge on any atom is -0.344 e. The number of imide groups is 1. The first-order chi connectivity index (χ1) is 10.3. The summed E-state index contributed by atoms with van der Waals surface area (Å²) in [5.74, 6) is -0.911. The van der Waals surface area contributed by atoms with Gasteiger partial charge in [0.2, 0.25) is 17.7 Å². The van der Waals surface area contributed by atoms with E-state index in [0.717, 1.165) is 25.7 Å². The van der Waals surface area contributed by atoms with Crippen LogP contribution in [-0.4, -0.2) is 54.2 Å². The number of fused-ring (bicyclic) bond motifs is 1. The van der Waals surface area contributed by atoms with Gasteiger partial charge in [-0.15, -0.1) is 0 Å². The molecule has 1 aliphatic carbocycles. The van der Waals surface area contributed by atoms with Crippen LogP contribution < -0.4 is 5.73 Å². The topological polar surface area (TPSA) is 83.7 Å². The summed E-state index contributed by atoms with van der Waals surface area (Å²) < 4.78 is 0. The molecule has 2 aliphatic rings. The quantitative estimate of drug-likeness (QED) is 0.754. The highest BCUT2D eigenvalue weighted by atomic mass is 16.2. The van der Waals surface area contributed by atoms with Gasteiger partial charge in [0, 0.05) is 13.6 Å². The monoisotopic (exact) mass is 309 g/mol. The lowest BCUT2D eigenvalue weighted by molar-refractivity contribution is -0.146. The van der Waals surface area contributed by atoms with Crippen LogP contribution in [0, 0.1) is 17.3 Å². The number of likely N-dealkylation sites (tertiary alicyclic amines) is 1. The number of likely N-dealkylation sites (N-methyl/N-ethyl adjacent to an activating group) is 1. The van der Waals surface area contributed by atoms with E-state index >= 15 is 0 Å². The second-order valence-electron chi connectivity index (χ2n) is 7.38. The summed E-state index contributed by atoms with van der Waals surface area (Å²) in [6.45, 7) is 4.80. The van der Waals surface area contributed by atoms with E-state index in [1.54, 1.807) is 11.9 Å². The lowest BCUT2D eigenvalue weighted by atomic mass is 9.81. The molecule has 0 spiro atoms. The van der Waals surface area contributed by atoms with E-state index in [4.69, 9.17) is 5.73 Å². The summed E-state index contributed by atoms with van der Waals surface area (Å²) in [6, 6.07) is 0. The standard InChI is InChI=1S/C16H27N3O3/c1-16(2,9-17)10-18(3)13(20)8-19-14(21)11-6-4-5-7-12(11)15(19)22/h11-12H,4-10,17H2,1-3H3. The van der Waals surface area contributed by atoms with Gasteiger partial charge in [-0.05, 0) is 24.8 Å². The molecule has 1 saturated heterocycles. The first-order valence-corrected chi connectivity index (χ1v) is 8.06. The third-order valence-corrected chi connectivity index (χ3v) is 4.87. The Balaban J connectivity index is 1.99. The second kappa shape index (κ2) is 6.36. The highest BCUT2D eigenvalue weighted by Gasteiger charge is 2.48. The lowest BCUT2D eigenvalue weighted by Crippen LogP contribution is -2.45. The van der Waals surface area contributed by atoms with Gasteiger partial charge >= 0.3 is 0 Å². The average Bonchev–Trinajstić information content (AvgIpc) is 2.72. The Kier molecular flexibility index (Phi) is 4.90. The van der Waals surface area contributed by atoms with Gasteiger partial charge in [-0.2, -0.15) is 0 Å². The Morgan fingerprint density at radius 1 is 1.23 bits per heavy atom. The fourth-order valence-corrected chi connectivity index (χ4v) is 3.44. The SMILES string of the molecule is CN(CC(C)(C)CN)C(=O)CN1C(=O)C2CCCCC2C1=O. The van der Waals surface area contributed by atoms with E-state index in [1.807, 2.05) is 13.8 Å². The first-order valence-electron chi connectivity index (χ1n) is 8.06. The minimum absolute atomic E-state index is 0.137. The zero-order valence-corrected chi connectivity index (χ0v) is 13.8. The molecule has 22 heavy (non-hydrogen) atoms. The van der Waals surface area contributed by atoms with Crippen molar-refractivity contribution in [3.63, 3.8) is 0 Å². The number of nitrogens with two attached hydrogens (primary N) is 1. The van der Waals surface area contributed by atoms with Gasteiger partial charge in [-0.1, -0.05) is 26.7 Å². The van der Waals surface area contributed by atoms with Gasteiger partial charge < -0.3 is 10.6 Å². The third-order valence-electron chi connectivity index (χ3n) is 4.87. The summed E-state index contributed by atoms with van der Waals surface area (Å²) in [4.78, 5) is 39.8. The molecule has 124 valence electrons. The summed E-state index contributed by atoms with van der Waals surface area (Å²) in [7, 11) is 1.69. The summed E-state index contributed by atoms with van der Waals surface area (Å²) in [5.41, 5.74) is 5.50. The van der Waals surface area contributed by atoms with Crippen LogP contribution in [-0.2, 0) is 14.4 Å². The Bertz CT molecular complexity index is 451. The molecule has 1 saturated carbocycles. The maximum absolute atomic E-state index is 12.4. The molecule has 0 aromatic carbocycles. The van der Waals surface area contributed by atoms with E-state index in [-0.39, 0.29) is 41.5 Å². The van der Waals surface area contributed by atoms with Crippen LogP contribution >= 0.6 is 0 Å². The molecular weight excluding hydrogens is 282 g/mol. The van der Waals surface area contributed by atoms with E-state index in [9.17, 15) is 14.4 Å². The average molecular weight is 309 g/mol. The number of hydrogen-bond acceptors (Lipinski definition) is 4. The molecule has 1 aliphatic heterocycles. The fraction of sp³-hybridized carbons (Fsp3) is 0.812. The van der Waals surface area contributed by atoms with Crippen LogP contribution in [0.2, 0.25) is 0 Å². The van der Waals surface area contributed by atoms with E-state index < -0.39 is 0 Å². The zero-order valence-electron chi connectivity index (χ0n) is 13.8. The van der Waals surface area contributed by atoms with E-state index in [2.05, 4.69) is 0 Å². The molecule has 2 unspecified atom stereocenters. The van der Waals surface area contributed by atoms with Crippen molar-refractivity contribution in [3.8, 4) is 0 Å². The van der Waals surface area contributed by atoms with Crippen LogP contribution in [0.5, 0.6) is 0 Å². The largest absolute Gasteiger partial charge is 0.344 e. The normalized spacial score (nSPS) is 25.4. The first kappa shape index (κ1) is 16.9. The summed E-state index contributed by atoms with van der Waals surface area (Å²) >= 11 is 0. The predicted molar refractivity (Wildman–Crippen MR) is 82.6 cm³/mol. The Morgan fingerprint density at radius 3 is 2.18 bits per heavy atom. The van der Waals surface area contributed by atoms with Gasteiger partial charge in [0.25, 0.3) is 0 Å². The van der Waals surface area contributed by atoms with Gasteiger partial charge in [0.1, 0.15) is 6.54 Å². The van der Waals surface area contributed by atoms with Crippen molar-refractivity contribution >= 4 is 17.7 Å². The number of carbonyl (C=O) groups is 3. The van der Waals surface area contributed by atoms with Crippen molar-refractivity contribution in [3.05, 3.63) is 0 Å². The van der Waals surface area contributed by atoms with Crippen LogP contribution in [0.4, 0.5) is 0 Å². The fourth-order valence-electron chi connectivity index (χ4n) is 3.44. The number of hydrogen-bond donors (Lipinski definition) is 1. The van der Waals surface area contributed by atoms with Crippen molar-refractivity contribution in [2.45, 2.75) is 39.5 Å². The Labute approximate surface area is 132 Å². The molecule has 0 aromatic heterocycles. The molecule has 2 atom stereocenters. The molecule has 0 bridgehead atoms. The zero-order chi connectivity index (χ0) is 16.5. The molecule has 3 amide bonds.